The monoisotopic (exact) mass is 454 g/mol. The van der Waals surface area contributed by atoms with Crippen LogP contribution in [0.25, 0.3) is 11.1 Å². The zero-order valence-corrected chi connectivity index (χ0v) is 18.6. The summed E-state index contributed by atoms with van der Waals surface area (Å²) in [5.41, 5.74) is 4.62. The third kappa shape index (κ3) is 6.10. The lowest BCUT2D eigenvalue weighted by Crippen LogP contribution is -2.43. The second kappa shape index (κ2) is 11.5. The van der Waals surface area contributed by atoms with Gasteiger partial charge in [0.2, 0.25) is 5.91 Å². The highest BCUT2D eigenvalue weighted by Crippen LogP contribution is 2.44. The molecule has 176 valence electrons. The number of hydrogen-bond donors (Lipinski definition) is 4. The normalized spacial score (nSPS) is 14.0. The lowest BCUT2D eigenvalue weighted by Gasteiger charge is -2.17. The van der Waals surface area contributed by atoms with Gasteiger partial charge in [-0.2, -0.15) is 0 Å². The summed E-state index contributed by atoms with van der Waals surface area (Å²) in [6.45, 7) is 1.95. The van der Waals surface area contributed by atoms with Crippen molar-refractivity contribution >= 4 is 18.0 Å². The minimum atomic E-state index is -1.18. The number of aliphatic carboxylic acids is 1. The van der Waals surface area contributed by atoms with Crippen molar-refractivity contribution in [2.45, 2.75) is 38.1 Å². The van der Waals surface area contributed by atoms with Gasteiger partial charge in [-0.25, -0.2) is 9.59 Å². The first-order chi connectivity index (χ1) is 15.9. The molecule has 0 spiro atoms. The van der Waals surface area contributed by atoms with Gasteiger partial charge < -0.3 is 25.6 Å². The lowest BCUT2D eigenvalue weighted by molar-refractivity contribution is -0.142. The first kappa shape index (κ1) is 24.3. The Morgan fingerprint density at radius 1 is 1.00 bits per heavy atom. The number of rotatable bonds is 11. The summed E-state index contributed by atoms with van der Waals surface area (Å²) in [5, 5.41) is 23.1. The molecule has 33 heavy (non-hydrogen) atoms. The fourth-order valence-electron chi connectivity index (χ4n) is 4.08. The van der Waals surface area contributed by atoms with Crippen LogP contribution < -0.4 is 10.6 Å². The van der Waals surface area contributed by atoms with Crippen molar-refractivity contribution in [2.24, 2.45) is 5.92 Å². The van der Waals surface area contributed by atoms with Crippen molar-refractivity contribution in [2.75, 3.05) is 19.8 Å². The Bertz CT molecular complexity index is 947. The molecule has 4 N–H and O–H groups in total. The van der Waals surface area contributed by atoms with E-state index < -0.39 is 29.9 Å². The molecule has 0 aliphatic heterocycles. The molecule has 8 heteroatoms. The molecule has 2 aromatic rings. The van der Waals surface area contributed by atoms with Crippen molar-refractivity contribution in [1.29, 1.82) is 0 Å². The quantitative estimate of drug-likeness (QED) is 0.387. The maximum Gasteiger partial charge on any atom is 0.407 e. The molecule has 0 saturated carbocycles. The number of aliphatic hydroxyl groups excluding tert-OH is 1. The molecule has 2 amide bonds. The van der Waals surface area contributed by atoms with Crippen LogP contribution in [-0.2, 0) is 14.3 Å². The number of alkyl carbamates (subject to hydrolysis) is 1. The number of nitrogens with one attached hydrogen (secondary N) is 2. The van der Waals surface area contributed by atoms with Crippen molar-refractivity contribution in [3.8, 4) is 11.1 Å². The first-order valence-corrected chi connectivity index (χ1v) is 11.1. The summed E-state index contributed by atoms with van der Waals surface area (Å²) in [6.07, 6.45) is 0.456. The van der Waals surface area contributed by atoms with Crippen molar-refractivity contribution in [3.05, 3.63) is 59.7 Å². The Morgan fingerprint density at radius 3 is 2.18 bits per heavy atom. The SMILES string of the molecule is CC(CCCNC(=O)OCC1c2ccccc2-c2ccccc21)C(=O)N[C@@H](CCO)C(=O)O. The highest BCUT2D eigenvalue weighted by atomic mass is 16.5. The molecule has 0 heterocycles. The maximum atomic E-state index is 12.2. The second-order valence-electron chi connectivity index (χ2n) is 8.21. The van der Waals surface area contributed by atoms with Gasteiger partial charge in [-0.1, -0.05) is 55.5 Å². The fraction of sp³-hybridized carbons (Fsp3) is 0.400. The molecule has 0 fully saturated rings. The van der Waals surface area contributed by atoms with E-state index in [0.717, 1.165) is 11.1 Å². The van der Waals surface area contributed by atoms with E-state index in [0.29, 0.717) is 19.4 Å². The topological polar surface area (TPSA) is 125 Å². The molecule has 1 aliphatic carbocycles. The van der Waals surface area contributed by atoms with Gasteiger partial charge in [0.15, 0.2) is 0 Å². The first-order valence-electron chi connectivity index (χ1n) is 11.1. The van der Waals surface area contributed by atoms with Gasteiger partial charge in [0.25, 0.3) is 0 Å². The molecular weight excluding hydrogens is 424 g/mol. The van der Waals surface area contributed by atoms with Crippen LogP contribution in [0.1, 0.15) is 43.2 Å². The zero-order chi connectivity index (χ0) is 23.8. The van der Waals surface area contributed by atoms with Crippen LogP contribution >= 0.6 is 0 Å². The smallest absolute Gasteiger partial charge is 0.407 e. The van der Waals surface area contributed by atoms with Gasteiger partial charge in [0.1, 0.15) is 12.6 Å². The number of amides is 2. The Hall–Kier alpha value is -3.39. The summed E-state index contributed by atoms with van der Waals surface area (Å²) in [4.78, 5) is 35.4. The van der Waals surface area contributed by atoms with Gasteiger partial charge in [-0.05, 0) is 35.1 Å². The summed E-state index contributed by atoms with van der Waals surface area (Å²) < 4.78 is 5.48. The van der Waals surface area contributed by atoms with Crippen LogP contribution in [0.3, 0.4) is 0 Å². The number of carboxylic acid groups (broad SMARTS) is 1. The minimum Gasteiger partial charge on any atom is -0.480 e. The Labute approximate surface area is 193 Å². The zero-order valence-electron chi connectivity index (χ0n) is 18.6. The number of carboxylic acids is 1. The Morgan fingerprint density at radius 2 is 1.61 bits per heavy atom. The van der Waals surface area contributed by atoms with E-state index in [1.807, 2.05) is 24.3 Å². The van der Waals surface area contributed by atoms with Gasteiger partial charge in [0, 0.05) is 31.4 Å². The predicted octanol–water partition coefficient (Wildman–Crippen LogP) is 2.89. The predicted molar refractivity (Wildman–Crippen MR) is 123 cm³/mol. The van der Waals surface area contributed by atoms with E-state index in [4.69, 9.17) is 14.9 Å². The largest absolute Gasteiger partial charge is 0.480 e. The summed E-state index contributed by atoms with van der Waals surface area (Å²) in [5.74, 6) is -2.00. The average Bonchev–Trinajstić information content (AvgIpc) is 3.13. The van der Waals surface area contributed by atoms with E-state index in [1.54, 1.807) is 6.92 Å². The number of carbonyl (C=O) groups excluding carboxylic acids is 2. The number of carbonyl (C=O) groups is 3. The average molecular weight is 455 g/mol. The molecule has 0 saturated heterocycles. The number of benzene rings is 2. The standard InChI is InChI=1S/C25H30N2O6/c1-16(23(29)27-22(12-14-28)24(30)31)7-6-13-26-25(32)33-15-21-19-10-4-2-8-17(19)18-9-3-5-11-20(18)21/h2-5,8-11,16,21-22,28H,6-7,12-15H2,1H3,(H,26,32)(H,27,29)(H,30,31)/t16?,22-/m0/s1. The molecule has 0 radical (unpaired) electrons. The highest BCUT2D eigenvalue weighted by Gasteiger charge is 2.29. The maximum absolute atomic E-state index is 12.2. The molecule has 2 atom stereocenters. The number of aliphatic hydroxyl groups is 1. The van der Waals surface area contributed by atoms with Gasteiger partial charge >= 0.3 is 12.1 Å². The van der Waals surface area contributed by atoms with E-state index in [-0.39, 0.29) is 25.6 Å². The lowest BCUT2D eigenvalue weighted by atomic mass is 9.98. The third-order valence-corrected chi connectivity index (χ3v) is 5.91. The Kier molecular flexibility index (Phi) is 8.43. The summed E-state index contributed by atoms with van der Waals surface area (Å²) in [6, 6.07) is 15.1. The molecule has 3 rings (SSSR count). The molecular formula is C25H30N2O6. The van der Waals surface area contributed by atoms with E-state index >= 15 is 0 Å². The van der Waals surface area contributed by atoms with E-state index in [2.05, 4.69) is 34.9 Å². The molecule has 1 aliphatic rings. The van der Waals surface area contributed by atoms with Gasteiger partial charge in [-0.3, -0.25) is 4.79 Å². The molecule has 0 bridgehead atoms. The third-order valence-electron chi connectivity index (χ3n) is 5.91. The minimum absolute atomic E-state index is 0.00651. The number of hydrogen-bond acceptors (Lipinski definition) is 5. The van der Waals surface area contributed by atoms with Crippen molar-refractivity contribution in [3.63, 3.8) is 0 Å². The molecule has 0 aromatic heterocycles. The molecule has 1 unspecified atom stereocenters. The van der Waals surface area contributed by atoms with Crippen LogP contribution in [0.5, 0.6) is 0 Å². The van der Waals surface area contributed by atoms with E-state index in [1.165, 1.54) is 11.1 Å². The summed E-state index contributed by atoms with van der Waals surface area (Å²) >= 11 is 0. The molecule has 2 aromatic carbocycles. The number of ether oxygens (including phenoxy) is 1. The van der Waals surface area contributed by atoms with Crippen LogP contribution in [0.2, 0.25) is 0 Å². The molecule has 8 nitrogen and oxygen atoms in total. The van der Waals surface area contributed by atoms with E-state index in [9.17, 15) is 14.4 Å². The van der Waals surface area contributed by atoms with Crippen LogP contribution in [0, 0.1) is 5.92 Å². The second-order valence-corrected chi connectivity index (χ2v) is 8.21. The van der Waals surface area contributed by atoms with Crippen molar-refractivity contribution in [1.82, 2.24) is 10.6 Å². The Balaban J connectivity index is 1.41. The summed E-state index contributed by atoms with van der Waals surface area (Å²) in [7, 11) is 0. The van der Waals surface area contributed by atoms with Gasteiger partial charge in [-0.15, -0.1) is 0 Å². The fourth-order valence-corrected chi connectivity index (χ4v) is 4.08. The van der Waals surface area contributed by atoms with Crippen LogP contribution in [0.15, 0.2) is 48.5 Å². The highest BCUT2D eigenvalue weighted by molar-refractivity contribution is 5.84. The van der Waals surface area contributed by atoms with Crippen LogP contribution in [0.4, 0.5) is 4.79 Å². The van der Waals surface area contributed by atoms with Crippen molar-refractivity contribution < 1.29 is 29.3 Å². The number of fused-ring (bicyclic) bond motifs is 3. The van der Waals surface area contributed by atoms with Crippen LogP contribution in [-0.4, -0.2) is 54.0 Å². The van der Waals surface area contributed by atoms with Gasteiger partial charge in [0.05, 0.1) is 0 Å².